The Morgan fingerprint density at radius 2 is 2.27 bits per heavy atom. The molecule has 0 N–H and O–H groups in total. The van der Waals surface area contributed by atoms with Gasteiger partial charge in [-0.25, -0.2) is 0 Å². The largest absolute Gasteiger partial charge is 0.300 e. The Morgan fingerprint density at radius 3 is 2.64 bits per heavy atom. The fourth-order valence-corrected chi connectivity index (χ4v) is 2.66. The van der Waals surface area contributed by atoms with Gasteiger partial charge in [0.15, 0.2) is 0 Å². The molecule has 2 aliphatic rings. The summed E-state index contributed by atoms with van der Waals surface area (Å²) >= 11 is 0. The van der Waals surface area contributed by atoms with Gasteiger partial charge in [-0.3, -0.25) is 4.79 Å². The van der Waals surface area contributed by atoms with E-state index in [0.29, 0.717) is 17.6 Å². The van der Waals surface area contributed by atoms with Gasteiger partial charge < -0.3 is 0 Å². The van der Waals surface area contributed by atoms with Gasteiger partial charge in [0.05, 0.1) is 0 Å². The summed E-state index contributed by atoms with van der Waals surface area (Å²) in [6.07, 6.45) is 4.72. The number of Topliss-reactive ketones (excluding diaryl/α,β-unsaturated/α-hetero) is 1. The smallest absolute Gasteiger partial charge is 0.133 e. The maximum absolute atomic E-state index is 11.2. The quantitative estimate of drug-likeness (QED) is 0.523. The predicted octanol–water partition coefficient (Wildman–Crippen LogP) is 2.18. The Kier molecular flexibility index (Phi) is 1.41. The fourth-order valence-electron chi connectivity index (χ4n) is 2.66. The van der Waals surface area contributed by atoms with Crippen molar-refractivity contribution in [2.75, 3.05) is 0 Å². The zero-order valence-corrected chi connectivity index (χ0v) is 7.13. The maximum Gasteiger partial charge on any atom is 0.133 e. The van der Waals surface area contributed by atoms with Crippen LogP contribution < -0.4 is 0 Å². The summed E-state index contributed by atoms with van der Waals surface area (Å²) in [5.41, 5.74) is 1.46. The van der Waals surface area contributed by atoms with Crippen molar-refractivity contribution >= 4 is 5.78 Å². The lowest BCUT2D eigenvalue weighted by molar-refractivity contribution is -0.121. The van der Waals surface area contributed by atoms with Gasteiger partial charge in [-0.2, -0.15) is 0 Å². The van der Waals surface area contributed by atoms with E-state index in [0.717, 1.165) is 12.3 Å². The number of allylic oxidation sites excluding steroid dienone is 2. The van der Waals surface area contributed by atoms with Crippen LogP contribution in [-0.4, -0.2) is 5.78 Å². The summed E-state index contributed by atoms with van der Waals surface area (Å²) in [7, 11) is 0. The third-order valence-electron chi connectivity index (χ3n) is 3.20. The summed E-state index contributed by atoms with van der Waals surface area (Å²) in [6.45, 7) is 3.90. The Bertz CT molecular complexity index is 227. The van der Waals surface area contributed by atoms with Crippen molar-refractivity contribution in [3.63, 3.8) is 0 Å². The summed E-state index contributed by atoms with van der Waals surface area (Å²) in [5.74, 6) is 2.10. The Balaban J connectivity index is 2.21. The Morgan fingerprint density at radius 1 is 1.55 bits per heavy atom. The van der Waals surface area contributed by atoms with Crippen molar-refractivity contribution in [2.45, 2.75) is 26.7 Å². The van der Waals surface area contributed by atoms with E-state index in [4.69, 9.17) is 0 Å². The van der Waals surface area contributed by atoms with E-state index in [9.17, 15) is 4.79 Å². The third kappa shape index (κ3) is 0.943. The zero-order chi connectivity index (χ0) is 8.01. The molecule has 0 aromatic rings. The second-order valence-corrected chi connectivity index (χ2v) is 3.97. The highest BCUT2D eigenvalue weighted by atomic mass is 16.1. The first-order valence-electron chi connectivity index (χ1n) is 4.37. The van der Waals surface area contributed by atoms with E-state index in [1.807, 2.05) is 0 Å². The molecule has 0 aromatic carbocycles. The first-order chi connectivity index (χ1) is 5.18. The van der Waals surface area contributed by atoms with Gasteiger partial charge in [0.2, 0.25) is 0 Å². The minimum absolute atomic E-state index is 0.366. The van der Waals surface area contributed by atoms with Crippen molar-refractivity contribution in [3.05, 3.63) is 11.6 Å². The first kappa shape index (κ1) is 7.08. The van der Waals surface area contributed by atoms with Crippen molar-refractivity contribution in [1.29, 1.82) is 0 Å². The van der Waals surface area contributed by atoms with Gasteiger partial charge in [0.1, 0.15) is 5.78 Å². The molecule has 2 rings (SSSR count). The number of rotatable bonds is 1. The lowest BCUT2D eigenvalue weighted by atomic mass is 9.86. The van der Waals surface area contributed by atoms with Crippen LogP contribution in [0.4, 0.5) is 0 Å². The molecule has 0 aliphatic heterocycles. The van der Waals surface area contributed by atoms with Gasteiger partial charge in [0, 0.05) is 5.92 Å². The van der Waals surface area contributed by atoms with Gasteiger partial charge in [0.25, 0.3) is 0 Å². The third-order valence-corrected chi connectivity index (χ3v) is 3.20. The van der Waals surface area contributed by atoms with E-state index in [1.165, 1.54) is 12.0 Å². The predicted molar refractivity (Wildman–Crippen MR) is 44.1 cm³/mol. The molecule has 2 aliphatic carbocycles. The standard InChI is InChI=1S/C10H14O/c1-6-3-8-4-9(6)10(5-8)7(2)11/h3,8-10H,4-5H2,1-2H3/t8-,9-,10-/m1/s1. The van der Waals surface area contributed by atoms with Gasteiger partial charge in [-0.15, -0.1) is 0 Å². The van der Waals surface area contributed by atoms with Crippen LogP contribution in [0, 0.1) is 17.8 Å². The minimum atomic E-state index is 0.366. The lowest BCUT2D eigenvalue weighted by Crippen LogP contribution is -2.18. The molecule has 0 aromatic heterocycles. The molecule has 1 fully saturated rings. The summed E-state index contributed by atoms with van der Waals surface area (Å²) in [6, 6.07) is 0. The number of carbonyl (C=O) groups is 1. The molecule has 3 atom stereocenters. The Labute approximate surface area is 67.5 Å². The second kappa shape index (κ2) is 2.20. The molecular weight excluding hydrogens is 136 g/mol. The van der Waals surface area contributed by atoms with Crippen LogP contribution in [0.3, 0.4) is 0 Å². The zero-order valence-electron chi connectivity index (χ0n) is 7.13. The van der Waals surface area contributed by atoms with E-state index >= 15 is 0 Å². The summed E-state index contributed by atoms with van der Waals surface area (Å²) in [4.78, 5) is 11.2. The van der Waals surface area contributed by atoms with Crippen molar-refractivity contribution < 1.29 is 4.79 Å². The van der Waals surface area contributed by atoms with Crippen LogP contribution in [0.25, 0.3) is 0 Å². The normalized spacial score (nSPS) is 40.9. The number of carbonyl (C=O) groups excluding carboxylic acids is 1. The molecule has 1 nitrogen and oxygen atoms in total. The molecular formula is C10H14O. The van der Waals surface area contributed by atoms with Gasteiger partial charge in [-0.05, 0) is 38.5 Å². The average molecular weight is 150 g/mol. The molecule has 2 bridgehead atoms. The number of fused-ring (bicyclic) bond motifs is 2. The van der Waals surface area contributed by atoms with Gasteiger partial charge >= 0.3 is 0 Å². The van der Waals surface area contributed by atoms with Crippen LogP contribution in [0.1, 0.15) is 26.7 Å². The molecule has 0 spiro atoms. The van der Waals surface area contributed by atoms with Crippen LogP contribution in [0.5, 0.6) is 0 Å². The van der Waals surface area contributed by atoms with Crippen LogP contribution in [-0.2, 0) is 4.79 Å². The number of ketones is 1. The van der Waals surface area contributed by atoms with Crippen molar-refractivity contribution in [3.8, 4) is 0 Å². The SMILES string of the molecule is CC(=O)[C@H]1C[C@@H]2C=C(C)[C@H]1C2. The highest BCUT2D eigenvalue weighted by Crippen LogP contribution is 2.47. The number of hydrogen-bond acceptors (Lipinski definition) is 1. The summed E-state index contributed by atoms with van der Waals surface area (Å²) < 4.78 is 0. The van der Waals surface area contributed by atoms with E-state index in [1.54, 1.807) is 6.92 Å². The summed E-state index contributed by atoms with van der Waals surface area (Å²) in [5, 5.41) is 0. The molecule has 0 heterocycles. The first-order valence-corrected chi connectivity index (χ1v) is 4.37. The van der Waals surface area contributed by atoms with Gasteiger partial charge in [-0.1, -0.05) is 11.6 Å². The molecule has 11 heavy (non-hydrogen) atoms. The fraction of sp³-hybridized carbons (Fsp3) is 0.700. The molecule has 0 amide bonds. The van der Waals surface area contributed by atoms with Crippen molar-refractivity contribution in [2.24, 2.45) is 17.8 Å². The highest BCUT2D eigenvalue weighted by molar-refractivity contribution is 5.79. The van der Waals surface area contributed by atoms with E-state index < -0.39 is 0 Å². The molecule has 1 saturated carbocycles. The monoisotopic (exact) mass is 150 g/mol. The van der Waals surface area contributed by atoms with Crippen LogP contribution in [0.15, 0.2) is 11.6 Å². The van der Waals surface area contributed by atoms with Crippen LogP contribution in [0.2, 0.25) is 0 Å². The van der Waals surface area contributed by atoms with E-state index in [-0.39, 0.29) is 0 Å². The second-order valence-electron chi connectivity index (χ2n) is 3.97. The molecule has 1 heteroatoms. The topological polar surface area (TPSA) is 17.1 Å². The lowest BCUT2D eigenvalue weighted by Gasteiger charge is -2.18. The minimum Gasteiger partial charge on any atom is -0.300 e. The average Bonchev–Trinajstić information content (AvgIpc) is 2.43. The molecule has 60 valence electrons. The van der Waals surface area contributed by atoms with Crippen molar-refractivity contribution in [1.82, 2.24) is 0 Å². The Hall–Kier alpha value is -0.590. The molecule has 0 saturated heterocycles. The van der Waals surface area contributed by atoms with E-state index in [2.05, 4.69) is 13.0 Å². The number of hydrogen-bond donors (Lipinski definition) is 0. The molecule has 0 unspecified atom stereocenters. The molecule has 0 radical (unpaired) electrons. The highest BCUT2D eigenvalue weighted by Gasteiger charge is 2.40. The van der Waals surface area contributed by atoms with Crippen LogP contribution >= 0.6 is 0 Å². The maximum atomic E-state index is 11.2.